The summed E-state index contributed by atoms with van der Waals surface area (Å²) in [6.07, 6.45) is 20.9. The summed E-state index contributed by atoms with van der Waals surface area (Å²) in [5.41, 5.74) is 0.939. The molecule has 1 aromatic carbocycles. The first-order chi connectivity index (χ1) is 20.6. The Morgan fingerprint density at radius 2 is 1.19 bits per heavy atom. The molecule has 1 atom stereocenters. The predicted molar refractivity (Wildman–Crippen MR) is 177 cm³/mol. The molecule has 0 aromatic heterocycles. The van der Waals surface area contributed by atoms with Gasteiger partial charge >= 0.3 is 13.9 Å². The van der Waals surface area contributed by atoms with Crippen molar-refractivity contribution >= 4 is 13.9 Å². The summed E-state index contributed by atoms with van der Waals surface area (Å²) in [6, 6.07) is 9.63. The van der Waals surface area contributed by atoms with Crippen LogP contribution in [0.15, 0.2) is 30.3 Å². The Kier molecular flexibility index (Phi) is 22.9. The summed E-state index contributed by atoms with van der Waals surface area (Å²) in [4.78, 5) is 24.5. The van der Waals surface area contributed by atoms with Crippen LogP contribution in [0.3, 0.4) is 0 Å². The average molecular weight is 628 g/mol. The molecule has 0 aliphatic heterocycles. The molecule has 0 heterocycles. The van der Waals surface area contributed by atoms with E-state index in [1.165, 1.54) is 89.9 Å². The van der Waals surface area contributed by atoms with E-state index in [4.69, 9.17) is 13.8 Å². The fraction of sp³-hybridized carbons (Fsp3) is 0.794. The van der Waals surface area contributed by atoms with E-state index in [0.29, 0.717) is 30.5 Å². The number of phosphoric ester groups is 1. The lowest BCUT2D eigenvalue weighted by Gasteiger charge is -2.24. The number of ether oxygens (including phenoxy) is 1. The van der Waals surface area contributed by atoms with Crippen LogP contribution < -0.4 is 0 Å². The van der Waals surface area contributed by atoms with Gasteiger partial charge in [-0.2, -0.15) is 0 Å². The smallest absolute Gasteiger partial charge is 0.445 e. The molecule has 250 valence electrons. The number of quaternary nitrogens is 1. The molecule has 8 nitrogen and oxygen atoms in total. The lowest BCUT2D eigenvalue weighted by molar-refractivity contribution is -0.870. The maximum atomic E-state index is 12.9. The summed E-state index contributed by atoms with van der Waals surface area (Å²) in [6.45, 7) is 4.24. The molecule has 43 heavy (non-hydrogen) atoms. The second kappa shape index (κ2) is 24.8. The molecule has 0 aliphatic carbocycles. The summed E-state index contributed by atoms with van der Waals surface area (Å²) in [7, 11) is 1.84. The van der Waals surface area contributed by atoms with Crippen molar-refractivity contribution in [1.29, 1.82) is 0 Å². The van der Waals surface area contributed by atoms with E-state index in [9.17, 15) is 14.3 Å². The van der Waals surface area contributed by atoms with Crippen molar-refractivity contribution in [3.05, 3.63) is 35.9 Å². The van der Waals surface area contributed by atoms with Gasteiger partial charge in [0.15, 0.2) is 0 Å². The highest BCUT2D eigenvalue weighted by Gasteiger charge is 2.23. The monoisotopic (exact) mass is 627 g/mol. The van der Waals surface area contributed by atoms with Crippen molar-refractivity contribution in [2.24, 2.45) is 0 Å². The van der Waals surface area contributed by atoms with Crippen LogP contribution in [0, 0.1) is 0 Å². The molecule has 1 unspecified atom stereocenters. The SMILES string of the molecule is CCCCCCCCCCCCCCCCCCN(CCCOP(=O)(O)OCC[N+](C)(C)C)C(=O)OCc1ccccc1. The van der Waals surface area contributed by atoms with Crippen LogP contribution in [-0.4, -0.2) is 74.4 Å². The van der Waals surface area contributed by atoms with Gasteiger partial charge in [-0.05, 0) is 18.4 Å². The van der Waals surface area contributed by atoms with E-state index in [0.717, 1.165) is 18.4 Å². The Hall–Kier alpha value is -1.44. The quantitative estimate of drug-likeness (QED) is 0.0567. The van der Waals surface area contributed by atoms with Crippen LogP contribution in [0.5, 0.6) is 0 Å². The Labute approximate surface area is 263 Å². The molecular weight excluding hydrogens is 563 g/mol. The number of benzene rings is 1. The Morgan fingerprint density at radius 1 is 0.721 bits per heavy atom. The topological polar surface area (TPSA) is 85.3 Å². The molecule has 0 aliphatic rings. The van der Waals surface area contributed by atoms with Gasteiger partial charge in [0.2, 0.25) is 0 Å². The van der Waals surface area contributed by atoms with E-state index < -0.39 is 7.82 Å². The van der Waals surface area contributed by atoms with Gasteiger partial charge in [0.1, 0.15) is 19.8 Å². The zero-order chi connectivity index (χ0) is 31.7. The minimum absolute atomic E-state index is 0.0274. The second-order valence-corrected chi connectivity index (χ2v) is 14.3. The maximum absolute atomic E-state index is 12.9. The summed E-state index contributed by atoms with van der Waals surface area (Å²) in [5.74, 6) is 0. The standard InChI is InChI=1S/C34H63N2O6P/c1-5-6-7-8-9-10-11-12-13-14-15-16-17-18-19-23-27-35(34(37)40-32-33-25-21-20-22-26-33)28-24-30-41-43(38,39)42-31-29-36(2,3)4/h20-22,25-26H,5-19,23-24,27-32H2,1-4H3/p+1. The Bertz CT molecular complexity index is 849. The van der Waals surface area contributed by atoms with Crippen LogP contribution in [0.1, 0.15) is 122 Å². The van der Waals surface area contributed by atoms with Crippen molar-refractivity contribution in [1.82, 2.24) is 4.90 Å². The number of rotatable bonds is 28. The molecule has 1 N–H and O–H groups in total. The van der Waals surface area contributed by atoms with Crippen LogP contribution in [0.25, 0.3) is 0 Å². The molecule has 1 aromatic rings. The van der Waals surface area contributed by atoms with E-state index in [2.05, 4.69) is 6.92 Å². The number of carbonyl (C=O) groups is 1. The highest BCUT2D eigenvalue weighted by Crippen LogP contribution is 2.43. The third-order valence-electron chi connectivity index (χ3n) is 7.59. The first-order valence-corrected chi connectivity index (χ1v) is 18.5. The number of carbonyl (C=O) groups excluding carboxylic acids is 1. The van der Waals surface area contributed by atoms with Crippen LogP contribution in [0.2, 0.25) is 0 Å². The summed E-state index contributed by atoms with van der Waals surface area (Å²) < 4.78 is 28.6. The van der Waals surface area contributed by atoms with Crippen molar-refractivity contribution in [3.8, 4) is 0 Å². The van der Waals surface area contributed by atoms with Crippen molar-refractivity contribution in [2.75, 3.05) is 54.0 Å². The molecule has 1 rings (SSSR count). The minimum Gasteiger partial charge on any atom is -0.445 e. The van der Waals surface area contributed by atoms with E-state index >= 15 is 0 Å². The van der Waals surface area contributed by atoms with Crippen LogP contribution >= 0.6 is 7.82 Å². The van der Waals surface area contributed by atoms with Gasteiger partial charge in [-0.15, -0.1) is 0 Å². The number of phosphoric acid groups is 1. The largest absolute Gasteiger partial charge is 0.472 e. The van der Waals surface area contributed by atoms with Gasteiger partial charge in [-0.25, -0.2) is 9.36 Å². The van der Waals surface area contributed by atoms with Gasteiger partial charge in [0.25, 0.3) is 0 Å². The molecule has 9 heteroatoms. The van der Waals surface area contributed by atoms with Gasteiger partial charge in [0.05, 0.1) is 27.7 Å². The number of likely N-dealkylation sites (N-methyl/N-ethyl adjacent to an activating group) is 1. The molecule has 0 radical (unpaired) electrons. The number of unbranched alkanes of at least 4 members (excludes halogenated alkanes) is 15. The molecule has 0 fully saturated rings. The molecular formula is C34H64N2O6P+. The zero-order valence-electron chi connectivity index (χ0n) is 28.0. The Balaban J connectivity index is 2.26. The Morgan fingerprint density at radius 3 is 1.70 bits per heavy atom. The van der Waals surface area contributed by atoms with Crippen LogP contribution in [0.4, 0.5) is 4.79 Å². The lowest BCUT2D eigenvalue weighted by Crippen LogP contribution is -2.37. The molecule has 0 spiro atoms. The highest BCUT2D eigenvalue weighted by atomic mass is 31.2. The first-order valence-electron chi connectivity index (χ1n) is 17.0. The maximum Gasteiger partial charge on any atom is 0.472 e. The average Bonchev–Trinajstić information content (AvgIpc) is 2.96. The van der Waals surface area contributed by atoms with Gasteiger partial charge in [-0.3, -0.25) is 9.05 Å². The van der Waals surface area contributed by atoms with E-state index in [-0.39, 0.29) is 25.9 Å². The normalized spacial score (nSPS) is 13.1. The van der Waals surface area contributed by atoms with E-state index in [1.807, 2.05) is 51.5 Å². The summed E-state index contributed by atoms with van der Waals surface area (Å²) in [5, 5.41) is 0. The third-order valence-corrected chi connectivity index (χ3v) is 8.61. The second-order valence-electron chi connectivity index (χ2n) is 12.8. The number of amides is 1. The third kappa shape index (κ3) is 24.6. The van der Waals surface area contributed by atoms with Crippen molar-refractivity contribution in [3.63, 3.8) is 0 Å². The summed E-state index contributed by atoms with van der Waals surface area (Å²) >= 11 is 0. The fourth-order valence-electron chi connectivity index (χ4n) is 4.86. The fourth-order valence-corrected chi connectivity index (χ4v) is 5.61. The zero-order valence-corrected chi connectivity index (χ0v) is 28.9. The molecule has 1 amide bonds. The number of nitrogens with zero attached hydrogens (tertiary/aromatic N) is 2. The van der Waals surface area contributed by atoms with Crippen molar-refractivity contribution < 1.29 is 32.5 Å². The van der Waals surface area contributed by atoms with E-state index in [1.54, 1.807) is 4.90 Å². The predicted octanol–water partition coefficient (Wildman–Crippen LogP) is 9.12. The molecule has 0 bridgehead atoms. The molecule has 0 saturated heterocycles. The minimum atomic E-state index is -4.11. The van der Waals surface area contributed by atoms with Crippen LogP contribution in [-0.2, 0) is 25.0 Å². The highest BCUT2D eigenvalue weighted by molar-refractivity contribution is 7.47. The molecule has 0 saturated carbocycles. The van der Waals surface area contributed by atoms with Gasteiger partial charge < -0.3 is 19.0 Å². The number of hydrogen-bond acceptors (Lipinski definition) is 5. The number of hydrogen-bond donors (Lipinski definition) is 1. The van der Waals surface area contributed by atoms with Gasteiger partial charge in [-0.1, -0.05) is 134 Å². The van der Waals surface area contributed by atoms with Crippen molar-refractivity contribution in [2.45, 2.75) is 123 Å². The first kappa shape index (κ1) is 39.6. The van der Waals surface area contributed by atoms with Gasteiger partial charge in [0, 0.05) is 13.1 Å². The lowest BCUT2D eigenvalue weighted by atomic mass is 10.0.